The van der Waals surface area contributed by atoms with Gasteiger partial charge in [-0.25, -0.2) is 4.98 Å². The molecule has 0 radical (unpaired) electrons. The van der Waals surface area contributed by atoms with Crippen LogP contribution in [0.25, 0.3) is 11.1 Å². The third kappa shape index (κ3) is 1.67. The lowest BCUT2D eigenvalue weighted by Crippen LogP contribution is -2.09. The zero-order chi connectivity index (χ0) is 11.8. The van der Waals surface area contributed by atoms with Crippen LogP contribution in [0.3, 0.4) is 0 Å². The van der Waals surface area contributed by atoms with Crippen LogP contribution < -0.4 is 5.30 Å². The molecule has 1 aromatic carbocycles. The largest absolute Gasteiger partial charge is 0.441 e. The standard InChI is InChI=1S/C10H12NO4P/c1-7-11-10-8(15-7)5-4-6-9(10)16(12,13-2)14-3/h4-6H,1-3H3. The van der Waals surface area contributed by atoms with Crippen molar-refractivity contribution in [2.75, 3.05) is 14.2 Å². The minimum absolute atomic E-state index is 0.423. The Morgan fingerprint density at radius 2 is 2.00 bits per heavy atom. The fourth-order valence-electron chi connectivity index (χ4n) is 1.54. The van der Waals surface area contributed by atoms with Gasteiger partial charge < -0.3 is 13.5 Å². The zero-order valence-corrected chi connectivity index (χ0v) is 10.2. The number of para-hydroxylation sites is 1. The number of nitrogens with zero attached hydrogens (tertiary/aromatic N) is 1. The van der Waals surface area contributed by atoms with Crippen LogP contribution in [0.4, 0.5) is 0 Å². The summed E-state index contributed by atoms with van der Waals surface area (Å²) in [5.41, 5.74) is 1.09. The lowest BCUT2D eigenvalue weighted by atomic mass is 10.3. The molecule has 0 aliphatic rings. The Morgan fingerprint density at radius 3 is 2.62 bits per heavy atom. The van der Waals surface area contributed by atoms with Gasteiger partial charge in [-0.3, -0.25) is 4.57 Å². The predicted octanol–water partition coefficient (Wildman–Crippen LogP) is 2.25. The lowest BCUT2D eigenvalue weighted by molar-refractivity contribution is 0.287. The molecule has 0 atom stereocenters. The maximum Gasteiger partial charge on any atom is 0.363 e. The lowest BCUT2D eigenvalue weighted by Gasteiger charge is -2.13. The first-order chi connectivity index (χ1) is 7.60. The van der Waals surface area contributed by atoms with Gasteiger partial charge in [0.05, 0.1) is 5.30 Å². The van der Waals surface area contributed by atoms with E-state index in [1.807, 2.05) is 0 Å². The predicted molar refractivity (Wildman–Crippen MR) is 60.0 cm³/mol. The van der Waals surface area contributed by atoms with E-state index in [9.17, 15) is 4.57 Å². The van der Waals surface area contributed by atoms with Crippen LogP contribution in [0.5, 0.6) is 0 Å². The van der Waals surface area contributed by atoms with E-state index in [1.165, 1.54) is 14.2 Å². The normalized spacial score (nSPS) is 12.2. The quantitative estimate of drug-likeness (QED) is 0.771. The summed E-state index contributed by atoms with van der Waals surface area (Å²) in [6.45, 7) is 1.73. The van der Waals surface area contributed by atoms with E-state index < -0.39 is 7.60 Å². The molecule has 6 heteroatoms. The van der Waals surface area contributed by atoms with Crippen LogP contribution in [0.1, 0.15) is 5.89 Å². The molecule has 0 spiro atoms. The van der Waals surface area contributed by atoms with E-state index in [2.05, 4.69) is 4.98 Å². The van der Waals surface area contributed by atoms with Gasteiger partial charge in [-0.1, -0.05) is 6.07 Å². The second-order valence-electron chi connectivity index (χ2n) is 3.22. The molecule has 0 saturated heterocycles. The van der Waals surface area contributed by atoms with Crippen LogP contribution in [0.2, 0.25) is 0 Å². The molecule has 2 rings (SSSR count). The van der Waals surface area contributed by atoms with E-state index in [1.54, 1.807) is 25.1 Å². The first kappa shape index (κ1) is 11.3. The monoisotopic (exact) mass is 241 g/mol. The summed E-state index contributed by atoms with van der Waals surface area (Å²) in [6, 6.07) is 5.15. The van der Waals surface area contributed by atoms with Crippen LogP contribution in [0.15, 0.2) is 22.6 Å². The van der Waals surface area contributed by atoms with Gasteiger partial charge in [0.2, 0.25) is 0 Å². The average molecular weight is 241 g/mol. The van der Waals surface area contributed by atoms with Crippen LogP contribution in [0, 0.1) is 6.92 Å². The molecule has 0 aliphatic heterocycles. The molecule has 16 heavy (non-hydrogen) atoms. The van der Waals surface area contributed by atoms with Gasteiger partial charge in [0.1, 0.15) is 5.52 Å². The summed E-state index contributed by atoms with van der Waals surface area (Å²) in [7, 11) is -0.602. The number of hydrogen-bond acceptors (Lipinski definition) is 5. The van der Waals surface area contributed by atoms with Gasteiger partial charge in [0, 0.05) is 21.1 Å². The van der Waals surface area contributed by atoms with Gasteiger partial charge in [-0.15, -0.1) is 0 Å². The van der Waals surface area contributed by atoms with Gasteiger partial charge in [0.15, 0.2) is 11.5 Å². The summed E-state index contributed by atoms with van der Waals surface area (Å²) >= 11 is 0. The molecule has 0 N–H and O–H groups in total. The Morgan fingerprint density at radius 1 is 1.31 bits per heavy atom. The van der Waals surface area contributed by atoms with Crippen molar-refractivity contribution in [2.24, 2.45) is 0 Å². The smallest absolute Gasteiger partial charge is 0.363 e. The van der Waals surface area contributed by atoms with Crippen LogP contribution >= 0.6 is 7.60 Å². The van der Waals surface area contributed by atoms with Gasteiger partial charge in [0.25, 0.3) is 0 Å². The van der Waals surface area contributed by atoms with E-state index in [-0.39, 0.29) is 0 Å². The van der Waals surface area contributed by atoms with Crippen molar-refractivity contribution in [1.82, 2.24) is 4.98 Å². The van der Waals surface area contributed by atoms with Crippen molar-refractivity contribution in [1.29, 1.82) is 0 Å². The number of hydrogen-bond donors (Lipinski definition) is 0. The highest BCUT2D eigenvalue weighted by molar-refractivity contribution is 7.62. The molecule has 0 aliphatic carbocycles. The first-order valence-corrected chi connectivity index (χ1v) is 6.23. The molecule has 2 aromatic rings. The third-order valence-electron chi connectivity index (χ3n) is 2.28. The minimum atomic E-state index is -3.29. The maximum absolute atomic E-state index is 12.2. The highest BCUT2D eigenvalue weighted by Gasteiger charge is 2.28. The molecule has 0 saturated carbocycles. The Hall–Kier alpha value is -1.16. The third-order valence-corrected chi connectivity index (χ3v) is 4.19. The molecule has 0 bridgehead atoms. The fraction of sp³-hybridized carbons (Fsp3) is 0.300. The summed E-state index contributed by atoms with van der Waals surface area (Å²) in [4.78, 5) is 4.18. The van der Waals surface area contributed by atoms with Crippen molar-refractivity contribution < 1.29 is 18.0 Å². The molecule has 0 amide bonds. The van der Waals surface area contributed by atoms with Crippen LogP contribution in [-0.4, -0.2) is 19.2 Å². The van der Waals surface area contributed by atoms with Gasteiger partial charge >= 0.3 is 7.60 Å². The molecule has 1 heterocycles. The van der Waals surface area contributed by atoms with Crippen molar-refractivity contribution >= 4 is 24.0 Å². The van der Waals surface area contributed by atoms with Gasteiger partial charge in [-0.05, 0) is 12.1 Å². The van der Waals surface area contributed by atoms with Crippen LogP contribution in [-0.2, 0) is 13.6 Å². The molecule has 0 fully saturated rings. The maximum atomic E-state index is 12.2. The second-order valence-corrected chi connectivity index (χ2v) is 5.43. The molecular weight excluding hydrogens is 229 g/mol. The van der Waals surface area contributed by atoms with Crippen molar-refractivity contribution in [3.63, 3.8) is 0 Å². The highest BCUT2D eigenvalue weighted by Crippen LogP contribution is 2.46. The van der Waals surface area contributed by atoms with Gasteiger partial charge in [-0.2, -0.15) is 0 Å². The summed E-state index contributed by atoms with van der Waals surface area (Å²) in [5, 5.41) is 0.423. The summed E-state index contributed by atoms with van der Waals surface area (Å²) < 4.78 is 27.5. The number of oxazole rings is 1. The van der Waals surface area contributed by atoms with Crippen molar-refractivity contribution in [2.45, 2.75) is 6.92 Å². The number of fused-ring (bicyclic) bond motifs is 1. The van der Waals surface area contributed by atoms with E-state index in [0.29, 0.717) is 22.3 Å². The highest BCUT2D eigenvalue weighted by atomic mass is 31.2. The fourth-order valence-corrected chi connectivity index (χ4v) is 2.77. The Kier molecular flexibility index (Phi) is 2.84. The summed E-state index contributed by atoms with van der Waals surface area (Å²) in [6.07, 6.45) is 0. The second kappa shape index (κ2) is 4.01. The SMILES string of the molecule is COP(=O)(OC)c1cccc2oc(C)nc12. The first-order valence-electron chi connectivity index (χ1n) is 4.69. The van der Waals surface area contributed by atoms with E-state index in [4.69, 9.17) is 13.5 Å². The Labute approximate surface area is 92.9 Å². The molecular formula is C10H12NO4P. The van der Waals surface area contributed by atoms with E-state index >= 15 is 0 Å². The summed E-state index contributed by atoms with van der Waals surface area (Å²) in [5.74, 6) is 0.515. The Bertz CT molecular complexity index is 555. The zero-order valence-electron chi connectivity index (χ0n) is 9.26. The van der Waals surface area contributed by atoms with Crippen molar-refractivity contribution in [3.05, 3.63) is 24.1 Å². The minimum Gasteiger partial charge on any atom is -0.441 e. The molecule has 5 nitrogen and oxygen atoms in total. The molecule has 86 valence electrons. The van der Waals surface area contributed by atoms with E-state index in [0.717, 1.165) is 0 Å². The number of benzene rings is 1. The average Bonchev–Trinajstić information content (AvgIpc) is 2.67. The van der Waals surface area contributed by atoms with Crippen molar-refractivity contribution in [3.8, 4) is 0 Å². The number of aryl methyl sites for hydroxylation is 1. The molecule has 1 aromatic heterocycles. The Balaban J connectivity index is 2.73. The topological polar surface area (TPSA) is 61.6 Å². The number of aromatic nitrogens is 1. The number of rotatable bonds is 3. The molecule has 0 unspecified atom stereocenters.